The largest absolute Gasteiger partial charge is 0.457 e. The van der Waals surface area contributed by atoms with Gasteiger partial charge in [0, 0.05) is 12.6 Å². The molecule has 0 amide bonds. The van der Waals surface area contributed by atoms with Crippen molar-refractivity contribution in [3.63, 3.8) is 0 Å². The summed E-state index contributed by atoms with van der Waals surface area (Å²) >= 11 is 0. The van der Waals surface area contributed by atoms with Crippen LogP contribution in [0.5, 0.6) is 0 Å². The molecule has 0 saturated heterocycles. The maximum atomic E-state index is 12.8. The van der Waals surface area contributed by atoms with Gasteiger partial charge >= 0.3 is 5.97 Å². The van der Waals surface area contributed by atoms with Gasteiger partial charge in [-0.25, -0.2) is 4.79 Å². The highest BCUT2D eigenvalue weighted by Crippen LogP contribution is 2.27. The van der Waals surface area contributed by atoms with Gasteiger partial charge in [-0.1, -0.05) is 74.0 Å². The predicted octanol–water partition coefficient (Wildman–Crippen LogP) is 4.40. The van der Waals surface area contributed by atoms with Crippen molar-refractivity contribution < 1.29 is 9.53 Å². The minimum Gasteiger partial charge on any atom is -0.457 e. The van der Waals surface area contributed by atoms with E-state index in [0.717, 1.165) is 29.7 Å². The second kappa shape index (κ2) is 7.79. The standard InChI is InChI=1S/C21H22N2O2/c1-3-10-18-19(21(24)25-15-16-11-6-4-7-12-16)20(22-23(18)2)17-13-8-5-9-14-17/h4-9,11-14H,3,10,15H2,1-2H3. The highest BCUT2D eigenvalue weighted by Gasteiger charge is 2.24. The number of hydrogen-bond acceptors (Lipinski definition) is 3. The fourth-order valence-electron chi connectivity index (χ4n) is 2.89. The Hall–Kier alpha value is -2.88. The van der Waals surface area contributed by atoms with E-state index in [-0.39, 0.29) is 12.6 Å². The van der Waals surface area contributed by atoms with Crippen LogP contribution in [-0.2, 0) is 24.8 Å². The molecular formula is C21H22N2O2. The summed E-state index contributed by atoms with van der Waals surface area (Å²) in [5.74, 6) is -0.320. The molecule has 3 rings (SSSR count). The van der Waals surface area contributed by atoms with E-state index in [2.05, 4.69) is 12.0 Å². The lowest BCUT2D eigenvalue weighted by molar-refractivity contribution is 0.0472. The molecule has 0 aliphatic heterocycles. The maximum absolute atomic E-state index is 12.8. The van der Waals surface area contributed by atoms with E-state index < -0.39 is 0 Å². The zero-order valence-corrected chi connectivity index (χ0v) is 14.6. The minimum atomic E-state index is -0.320. The third kappa shape index (κ3) is 3.79. The molecule has 0 fully saturated rings. The van der Waals surface area contributed by atoms with E-state index in [1.807, 2.05) is 67.7 Å². The third-order valence-corrected chi connectivity index (χ3v) is 4.12. The van der Waals surface area contributed by atoms with Crippen molar-refractivity contribution >= 4 is 5.97 Å². The predicted molar refractivity (Wildman–Crippen MR) is 98.2 cm³/mol. The van der Waals surface area contributed by atoms with Gasteiger partial charge in [-0.3, -0.25) is 4.68 Å². The molecule has 3 aromatic rings. The van der Waals surface area contributed by atoms with Crippen molar-refractivity contribution in [2.24, 2.45) is 7.05 Å². The topological polar surface area (TPSA) is 44.1 Å². The van der Waals surface area contributed by atoms with Crippen molar-refractivity contribution in [3.8, 4) is 11.3 Å². The Morgan fingerprint density at radius 2 is 1.68 bits per heavy atom. The number of esters is 1. The number of hydrogen-bond donors (Lipinski definition) is 0. The summed E-state index contributed by atoms with van der Waals surface area (Å²) in [6.45, 7) is 2.35. The molecule has 25 heavy (non-hydrogen) atoms. The molecule has 0 unspecified atom stereocenters. The number of aryl methyl sites for hydroxylation is 1. The van der Waals surface area contributed by atoms with Crippen LogP contribution < -0.4 is 0 Å². The van der Waals surface area contributed by atoms with Crippen LogP contribution in [0, 0.1) is 0 Å². The molecule has 4 nitrogen and oxygen atoms in total. The quantitative estimate of drug-likeness (QED) is 0.628. The molecule has 0 N–H and O–H groups in total. The Morgan fingerprint density at radius 1 is 1.04 bits per heavy atom. The Balaban J connectivity index is 1.93. The van der Waals surface area contributed by atoms with Gasteiger partial charge in [0.15, 0.2) is 0 Å². The van der Waals surface area contributed by atoms with Crippen LogP contribution in [0.2, 0.25) is 0 Å². The zero-order chi connectivity index (χ0) is 17.6. The average molecular weight is 334 g/mol. The van der Waals surface area contributed by atoms with Crippen molar-refractivity contribution in [3.05, 3.63) is 77.5 Å². The molecule has 1 heterocycles. The lowest BCUT2D eigenvalue weighted by atomic mass is 10.0. The fraction of sp³-hybridized carbons (Fsp3) is 0.238. The third-order valence-electron chi connectivity index (χ3n) is 4.12. The van der Waals surface area contributed by atoms with Gasteiger partial charge in [-0.05, 0) is 12.0 Å². The molecule has 0 aliphatic carbocycles. The summed E-state index contributed by atoms with van der Waals surface area (Å²) < 4.78 is 7.38. The lowest BCUT2D eigenvalue weighted by Gasteiger charge is -2.08. The van der Waals surface area contributed by atoms with Crippen LogP contribution in [0.25, 0.3) is 11.3 Å². The Labute approximate surface area is 148 Å². The highest BCUT2D eigenvalue weighted by atomic mass is 16.5. The van der Waals surface area contributed by atoms with Crippen molar-refractivity contribution in [2.75, 3.05) is 0 Å². The number of nitrogens with zero attached hydrogens (tertiary/aromatic N) is 2. The zero-order valence-electron chi connectivity index (χ0n) is 14.6. The Morgan fingerprint density at radius 3 is 2.32 bits per heavy atom. The van der Waals surface area contributed by atoms with E-state index in [1.54, 1.807) is 4.68 Å². The molecule has 0 bridgehead atoms. The first-order valence-corrected chi connectivity index (χ1v) is 8.53. The summed E-state index contributed by atoms with van der Waals surface area (Å²) in [4.78, 5) is 12.8. The summed E-state index contributed by atoms with van der Waals surface area (Å²) in [6.07, 6.45) is 1.72. The summed E-state index contributed by atoms with van der Waals surface area (Å²) in [7, 11) is 1.88. The van der Waals surface area contributed by atoms with E-state index in [1.165, 1.54) is 0 Å². The number of ether oxygens (including phenoxy) is 1. The molecule has 0 saturated carbocycles. The molecular weight excluding hydrogens is 312 g/mol. The molecule has 0 aliphatic rings. The highest BCUT2D eigenvalue weighted by molar-refractivity contribution is 5.97. The lowest BCUT2D eigenvalue weighted by Crippen LogP contribution is -2.10. The van der Waals surface area contributed by atoms with E-state index in [0.29, 0.717) is 11.3 Å². The van der Waals surface area contributed by atoms with E-state index >= 15 is 0 Å². The van der Waals surface area contributed by atoms with Crippen LogP contribution in [0.1, 0.15) is 35.0 Å². The monoisotopic (exact) mass is 334 g/mol. The Bertz CT molecular complexity index is 839. The van der Waals surface area contributed by atoms with E-state index in [4.69, 9.17) is 4.74 Å². The molecule has 0 atom stereocenters. The van der Waals surface area contributed by atoms with Gasteiger partial charge in [-0.15, -0.1) is 0 Å². The van der Waals surface area contributed by atoms with Gasteiger partial charge in [0.1, 0.15) is 17.9 Å². The van der Waals surface area contributed by atoms with Gasteiger partial charge < -0.3 is 4.74 Å². The maximum Gasteiger partial charge on any atom is 0.342 e. The van der Waals surface area contributed by atoms with E-state index in [9.17, 15) is 4.79 Å². The van der Waals surface area contributed by atoms with Crippen molar-refractivity contribution in [1.29, 1.82) is 0 Å². The van der Waals surface area contributed by atoms with Crippen LogP contribution in [0.3, 0.4) is 0 Å². The molecule has 0 spiro atoms. The number of carbonyl (C=O) groups is 1. The van der Waals surface area contributed by atoms with Crippen molar-refractivity contribution in [2.45, 2.75) is 26.4 Å². The van der Waals surface area contributed by atoms with Crippen LogP contribution >= 0.6 is 0 Å². The summed E-state index contributed by atoms with van der Waals surface area (Å²) in [5, 5.41) is 4.59. The first-order chi connectivity index (χ1) is 12.2. The molecule has 0 radical (unpaired) electrons. The first kappa shape index (κ1) is 17.0. The van der Waals surface area contributed by atoms with Gasteiger partial charge in [0.05, 0.1) is 5.69 Å². The number of rotatable bonds is 6. The molecule has 2 aromatic carbocycles. The summed E-state index contributed by atoms with van der Waals surface area (Å²) in [5.41, 5.74) is 4.07. The SMILES string of the molecule is CCCc1c(C(=O)OCc2ccccc2)c(-c2ccccc2)nn1C. The molecule has 4 heteroatoms. The number of benzene rings is 2. The smallest absolute Gasteiger partial charge is 0.342 e. The van der Waals surface area contributed by atoms with Crippen molar-refractivity contribution in [1.82, 2.24) is 9.78 Å². The van der Waals surface area contributed by atoms with Gasteiger partial charge in [0.25, 0.3) is 0 Å². The van der Waals surface area contributed by atoms with Crippen LogP contribution in [-0.4, -0.2) is 15.7 Å². The second-order valence-corrected chi connectivity index (χ2v) is 5.97. The molecule has 1 aromatic heterocycles. The minimum absolute atomic E-state index is 0.258. The molecule has 128 valence electrons. The van der Waals surface area contributed by atoms with Gasteiger partial charge in [-0.2, -0.15) is 5.10 Å². The first-order valence-electron chi connectivity index (χ1n) is 8.53. The van der Waals surface area contributed by atoms with Crippen LogP contribution in [0.15, 0.2) is 60.7 Å². The second-order valence-electron chi connectivity index (χ2n) is 5.97. The average Bonchev–Trinajstić information content (AvgIpc) is 2.98. The fourth-order valence-corrected chi connectivity index (χ4v) is 2.89. The summed E-state index contributed by atoms with van der Waals surface area (Å²) in [6, 6.07) is 19.5. The Kier molecular flexibility index (Phi) is 5.29. The normalized spacial score (nSPS) is 10.6. The van der Waals surface area contributed by atoms with Gasteiger partial charge in [0.2, 0.25) is 0 Å². The number of aromatic nitrogens is 2. The van der Waals surface area contributed by atoms with Crippen LogP contribution in [0.4, 0.5) is 0 Å². The number of carbonyl (C=O) groups excluding carboxylic acids is 1.